The van der Waals surface area contributed by atoms with E-state index in [1.807, 2.05) is 18.2 Å². The van der Waals surface area contributed by atoms with E-state index in [4.69, 9.17) is 14.5 Å². The Bertz CT molecular complexity index is 834. The van der Waals surface area contributed by atoms with Crippen molar-refractivity contribution in [2.75, 3.05) is 33.4 Å². The van der Waals surface area contributed by atoms with Gasteiger partial charge in [-0.1, -0.05) is 42.5 Å². The van der Waals surface area contributed by atoms with Gasteiger partial charge in [-0.25, -0.2) is 4.99 Å². The lowest BCUT2D eigenvalue weighted by Gasteiger charge is -2.38. The van der Waals surface area contributed by atoms with Crippen LogP contribution in [0.15, 0.2) is 59.6 Å². The predicted octanol–water partition coefficient (Wildman–Crippen LogP) is 4.44. The quantitative estimate of drug-likeness (QED) is 0.193. The summed E-state index contributed by atoms with van der Waals surface area (Å²) >= 11 is 0. The second-order valence-corrected chi connectivity index (χ2v) is 8.35. The number of hydrogen-bond acceptors (Lipinski definition) is 4. The fraction of sp³-hybridized carbons (Fsp3) is 0.500. The molecule has 1 heterocycles. The Morgan fingerprint density at radius 3 is 2.61 bits per heavy atom. The molecule has 1 fully saturated rings. The first kappa shape index (κ1) is 27.4. The SMILES string of the molecule is CCNC(=NCc1cccc(OCCOC)c1)NC1CCN(Cc2ccccc2)C(C)C1.I. The fourth-order valence-corrected chi connectivity index (χ4v) is 4.06. The highest BCUT2D eigenvalue weighted by Crippen LogP contribution is 2.20. The van der Waals surface area contributed by atoms with E-state index in [2.05, 4.69) is 65.8 Å². The van der Waals surface area contributed by atoms with Gasteiger partial charge in [0, 0.05) is 38.8 Å². The molecule has 0 spiro atoms. The van der Waals surface area contributed by atoms with Gasteiger partial charge in [0.25, 0.3) is 0 Å². The highest BCUT2D eigenvalue weighted by molar-refractivity contribution is 14.0. The Labute approximate surface area is 216 Å². The zero-order valence-electron chi connectivity index (χ0n) is 20.1. The summed E-state index contributed by atoms with van der Waals surface area (Å²) in [4.78, 5) is 7.40. The van der Waals surface area contributed by atoms with Crippen molar-refractivity contribution in [1.82, 2.24) is 15.5 Å². The monoisotopic (exact) mass is 566 g/mol. The first-order valence-electron chi connectivity index (χ1n) is 11.7. The number of piperidine rings is 1. The molecule has 182 valence electrons. The maximum absolute atomic E-state index is 5.72. The van der Waals surface area contributed by atoms with Crippen molar-refractivity contribution in [3.63, 3.8) is 0 Å². The summed E-state index contributed by atoms with van der Waals surface area (Å²) in [7, 11) is 1.68. The standard InChI is InChI=1S/C26H38N4O2.HI/c1-4-27-26(28-19-23-11-8-12-25(18-23)32-16-15-31-3)29-24-13-14-30(21(2)17-24)20-22-9-6-5-7-10-22;/h5-12,18,21,24H,4,13-17,19-20H2,1-3H3,(H2,27,28,29);1H. The number of likely N-dealkylation sites (tertiary alicyclic amines) is 1. The highest BCUT2D eigenvalue weighted by Gasteiger charge is 2.25. The number of ether oxygens (including phenoxy) is 2. The zero-order chi connectivity index (χ0) is 22.6. The number of halogens is 1. The van der Waals surface area contributed by atoms with Gasteiger partial charge in [0.15, 0.2) is 5.96 Å². The fourth-order valence-electron chi connectivity index (χ4n) is 4.06. The van der Waals surface area contributed by atoms with Gasteiger partial charge in [-0.05, 0) is 49.9 Å². The van der Waals surface area contributed by atoms with Crippen LogP contribution in [-0.2, 0) is 17.8 Å². The molecule has 2 unspecified atom stereocenters. The van der Waals surface area contributed by atoms with Crippen molar-refractivity contribution in [1.29, 1.82) is 0 Å². The van der Waals surface area contributed by atoms with Gasteiger partial charge in [0.05, 0.1) is 13.2 Å². The molecule has 3 rings (SSSR count). The van der Waals surface area contributed by atoms with E-state index in [9.17, 15) is 0 Å². The van der Waals surface area contributed by atoms with Crippen molar-refractivity contribution >= 4 is 29.9 Å². The third kappa shape index (κ3) is 9.51. The molecule has 2 N–H and O–H groups in total. The molecule has 1 aliphatic heterocycles. The number of aliphatic imine (C=N–C) groups is 1. The van der Waals surface area contributed by atoms with E-state index in [1.54, 1.807) is 7.11 Å². The van der Waals surface area contributed by atoms with Gasteiger partial charge in [-0.15, -0.1) is 24.0 Å². The number of benzene rings is 2. The molecule has 2 aromatic carbocycles. The number of hydrogen-bond donors (Lipinski definition) is 2. The maximum Gasteiger partial charge on any atom is 0.191 e. The molecular weight excluding hydrogens is 527 g/mol. The van der Waals surface area contributed by atoms with Gasteiger partial charge >= 0.3 is 0 Å². The number of nitrogens with zero attached hydrogens (tertiary/aromatic N) is 2. The van der Waals surface area contributed by atoms with Crippen molar-refractivity contribution in [3.8, 4) is 5.75 Å². The molecule has 0 amide bonds. The van der Waals surface area contributed by atoms with Crippen LogP contribution in [-0.4, -0.2) is 56.4 Å². The van der Waals surface area contributed by atoms with Gasteiger partial charge < -0.3 is 20.1 Å². The molecule has 0 aromatic heterocycles. The predicted molar refractivity (Wildman–Crippen MR) is 147 cm³/mol. The molecule has 0 radical (unpaired) electrons. The third-order valence-corrected chi connectivity index (χ3v) is 5.80. The second kappa shape index (κ2) is 15.1. The van der Waals surface area contributed by atoms with Crippen molar-refractivity contribution in [2.24, 2.45) is 4.99 Å². The van der Waals surface area contributed by atoms with Gasteiger partial charge in [0.1, 0.15) is 12.4 Å². The normalized spacial score (nSPS) is 18.9. The van der Waals surface area contributed by atoms with Gasteiger partial charge in [0.2, 0.25) is 0 Å². The van der Waals surface area contributed by atoms with E-state index < -0.39 is 0 Å². The van der Waals surface area contributed by atoms with Crippen LogP contribution in [0.5, 0.6) is 5.75 Å². The molecule has 2 atom stereocenters. The lowest BCUT2D eigenvalue weighted by Crippen LogP contribution is -2.51. The van der Waals surface area contributed by atoms with E-state index in [-0.39, 0.29) is 24.0 Å². The Morgan fingerprint density at radius 2 is 1.88 bits per heavy atom. The topological polar surface area (TPSA) is 58.1 Å². The Balaban J connectivity index is 0.00000385. The van der Waals surface area contributed by atoms with E-state index in [0.29, 0.717) is 31.8 Å². The van der Waals surface area contributed by atoms with Crippen LogP contribution in [0.3, 0.4) is 0 Å². The van der Waals surface area contributed by atoms with Crippen LogP contribution in [0.25, 0.3) is 0 Å². The van der Waals surface area contributed by atoms with Crippen LogP contribution in [0.1, 0.15) is 37.8 Å². The zero-order valence-corrected chi connectivity index (χ0v) is 22.5. The first-order valence-corrected chi connectivity index (χ1v) is 11.7. The van der Waals surface area contributed by atoms with Crippen LogP contribution in [0.4, 0.5) is 0 Å². The molecule has 6 nitrogen and oxygen atoms in total. The van der Waals surface area contributed by atoms with E-state index in [0.717, 1.165) is 49.7 Å². The Hall–Kier alpha value is -1.84. The Kier molecular flexibility index (Phi) is 12.6. The third-order valence-electron chi connectivity index (χ3n) is 5.80. The summed E-state index contributed by atoms with van der Waals surface area (Å²) in [5.41, 5.74) is 2.51. The minimum absolute atomic E-state index is 0. The number of rotatable bonds is 10. The minimum Gasteiger partial charge on any atom is -0.491 e. The molecular formula is C26H39IN4O2. The first-order chi connectivity index (χ1) is 15.7. The summed E-state index contributed by atoms with van der Waals surface area (Å²) in [6, 6.07) is 19.8. The summed E-state index contributed by atoms with van der Waals surface area (Å²) in [6.07, 6.45) is 2.23. The van der Waals surface area contributed by atoms with Crippen LogP contribution < -0.4 is 15.4 Å². The average Bonchev–Trinajstić information content (AvgIpc) is 2.81. The van der Waals surface area contributed by atoms with Crippen molar-refractivity contribution in [3.05, 3.63) is 65.7 Å². The largest absolute Gasteiger partial charge is 0.491 e. The molecule has 0 bridgehead atoms. The summed E-state index contributed by atoms with van der Waals surface area (Å²) < 4.78 is 10.8. The number of methoxy groups -OCH3 is 1. The summed E-state index contributed by atoms with van der Waals surface area (Å²) in [6.45, 7) is 9.13. The second-order valence-electron chi connectivity index (χ2n) is 8.35. The molecule has 2 aromatic rings. The number of guanidine groups is 1. The Morgan fingerprint density at radius 1 is 1.09 bits per heavy atom. The molecule has 33 heavy (non-hydrogen) atoms. The van der Waals surface area contributed by atoms with Crippen LogP contribution in [0.2, 0.25) is 0 Å². The lowest BCUT2D eigenvalue weighted by molar-refractivity contribution is 0.134. The molecule has 7 heteroatoms. The summed E-state index contributed by atoms with van der Waals surface area (Å²) in [5.74, 6) is 1.74. The highest BCUT2D eigenvalue weighted by atomic mass is 127. The molecule has 0 aliphatic carbocycles. The van der Waals surface area contributed by atoms with Crippen LogP contribution >= 0.6 is 24.0 Å². The molecule has 1 saturated heterocycles. The van der Waals surface area contributed by atoms with Gasteiger partial charge in [-0.3, -0.25) is 4.90 Å². The minimum atomic E-state index is 0. The lowest BCUT2D eigenvalue weighted by atomic mass is 9.97. The molecule has 1 aliphatic rings. The number of nitrogens with one attached hydrogen (secondary N) is 2. The van der Waals surface area contributed by atoms with E-state index in [1.165, 1.54) is 5.56 Å². The van der Waals surface area contributed by atoms with Gasteiger partial charge in [-0.2, -0.15) is 0 Å². The molecule has 0 saturated carbocycles. The smallest absolute Gasteiger partial charge is 0.191 e. The average molecular weight is 567 g/mol. The van der Waals surface area contributed by atoms with Crippen LogP contribution in [0, 0.1) is 0 Å². The summed E-state index contributed by atoms with van der Waals surface area (Å²) in [5, 5.41) is 7.06. The van der Waals surface area contributed by atoms with Crippen molar-refractivity contribution < 1.29 is 9.47 Å². The van der Waals surface area contributed by atoms with Crippen molar-refractivity contribution in [2.45, 2.75) is 51.9 Å². The van der Waals surface area contributed by atoms with E-state index >= 15 is 0 Å². The maximum atomic E-state index is 5.72.